The molecular weight excluding hydrogens is 362 g/mol. The van der Waals surface area contributed by atoms with E-state index >= 15 is 0 Å². The van der Waals surface area contributed by atoms with Crippen LogP contribution >= 0.6 is 0 Å². The molecule has 0 bridgehead atoms. The van der Waals surface area contributed by atoms with Crippen LogP contribution in [0.1, 0.15) is 35.2 Å². The maximum absolute atomic E-state index is 12.5. The van der Waals surface area contributed by atoms with E-state index in [1.165, 1.54) is 31.2 Å². The Labute approximate surface area is 160 Å². The molecule has 1 amide bonds. The highest BCUT2D eigenvalue weighted by Crippen LogP contribution is 2.43. The molecule has 0 radical (unpaired) electrons. The second kappa shape index (κ2) is 8.23. The summed E-state index contributed by atoms with van der Waals surface area (Å²) in [6.07, 6.45) is 3.29. The number of sulfone groups is 1. The number of carbonyl (C=O) groups is 1. The summed E-state index contributed by atoms with van der Waals surface area (Å²) < 4.78 is 29.1. The Morgan fingerprint density at radius 3 is 2.30 bits per heavy atom. The Kier molecular flexibility index (Phi) is 5.97. The smallest absolute Gasteiger partial charge is 0.251 e. The van der Waals surface area contributed by atoms with Crippen molar-refractivity contribution in [3.63, 3.8) is 0 Å². The van der Waals surface area contributed by atoms with Gasteiger partial charge in [0.2, 0.25) is 0 Å². The lowest BCUT2D eigenvalue weighted by Crippen LogP contribution is -2.45. The summed E-state index contributed by atoms with van der Waals surface area (Å²) in [5.74, 6) is -0.257. The topological polar surface area (TPSA) is 72.5 Å². The molecule has 0 heterocycles. The Morgan fingerprint density at radius 2 is 1.74 bits per heavy atom. The van der Waals surface area contributed by atoms with Crippen LogP contribution in [0.5, 0.6) is 0 Å². The average Bonchev–Trinajstić information content (AvgIpc) is 2.66. The van der Waals surface area contributed by atoms with Crippen molar-refractivity contribution in [1.29, 1.82) is 0 Å². The van der Waals surface area contributed by atoms with Gasteiger partial charge in [-0.1, -0.05) is 36.8 Å². The van der Waals surface area contributed by atoms with Crippen LogP contribution in [0.2, 0.25) is 0 Å². The highest BCUT2D eigenvalue weighted by Gasteiger charge is 2.38. The van der Waals surface area contributed by atoms with Crippen LogP contribution in [0, 0.1) is 0 Å². The molecule has 3 rings (SSSR count). The van der Waals surface area contributed by atoms with E-state index in [4.69, 9.17) is 4.74 Å². The lowest BCUT2D eigenvalue weighted by atomic mass is 9.64. The first kappa shape index (κ1) is 19.6. The van der Waals surface area contributed by atoms with E-state index in [0.29, 0.717) is 12.1 Å². The Bertz CT molecular complexity index is 872. The van der Waals surface area contributed by atoms with E-state index in [2.05, 4.69) is 17.4 Å². The minimum Gasteiger partial charge on any atom is -0.384 e. The average molecular weight is 388 g/mol. The van der Waals surface area contributed by atoms with Crippen LogP contribution in [0.15, 0.2) is 59.5 Å². The molecule has 0 aliphatic heterocycles. The highest BCUT2D eigenvalue weighted by atomic mass is 32.2. The summed E-state index contributed by atoms with van der Waals surface area (Å²) in [5, 5.41) is 3.02. The minimum atomic E-state index is -3.39. The summed E-state index contributed by atoms with van der Waals surface area (Å²) in [5.41, 5.74) is 1.74. The van der Waals surface area contributed by atoms with Gasteiger partial charge in [0, 0.05) is 24.6 Å². The standard InChI is InChI=1S/C21H25NO4S/c1-26-14-15-27(24,25)19-10-8-17(9-11-19)20(23)22-16-21(12-5-13-21)18-6-3-2-4-7-18/h2-4,6-11H,5,12-16H2,1H3,(H,22,23). The molecule has 1 aliphatic carbocycles. The number of carbonyl (C=O) groups excluding carboxylic acids is 1. The van der Waals surface area contributed by atoms with Crippen molar-refractivity contribution in [2.24, 2.45) is 0 Å². The van der Waals surface area contributed by atoms with Gasteiger partial charge in [0.15, 0.2) is 9.84 Å². The first-order chi connectivity index (χ1) is 13.0. The van der Waals surface area contributed by atoms with E-state index in [1.807, 2.05) is 18.2 Å². The zero-order valence-corrected chi connectivity index (χ0v) is 16.3. The third-order valence-corrected chi connectivity index (χ3v) is 7.01. The van der Waals surface area contributed by atoms with Crippen LogP contribution in [0.25, 0.3) is 0 Å². The predicted octanol–water partition coefficient (Wildman–Crippen LogP) is 2.96. The van der Waals surface area contributed by atoms with Crippen LogP contribution in [0.3, 0.4) is 0 Å². The van der Waals surface area contributed by atoms with Gasteiger partial charge >= 0.3 is 0 Å². The van der Waals surface area contributed by atoms with E-state index in [1.54, 1.807) is 12.1 Å². The fourth-order valence-corrected chi connectivity index (χ4v) is 4.61. The van der Waals surface area contributed by atoms with Gasteiger partial charge in [0.05, 0.1) is 17.3 Å². The number of hydrogen-bond donors (Lipinski definition) is 1. The van der Waals surface area contributed by atoms with Gasteiger partial charge in [-0.05, 0) is 42.7 Å². The fourth-order valence-electron chi connectivity index (χ4n) is 3.44. The summed E-state index contributed by atoms with van der Waals surface area (Å²) in [6, 6.07) is 16.4. The lowest BCUT2D eigenvalue weighted by molar-refractivity contribution is 0.0927. The van der Waals surface area contributed by atoms with Crippen molar-refractivity contribution >= 4 is 15.7 Å². The number of amides is 1. The summed E-state index contributed by atoms with van der Waals surface area (Å²) in [4.78, 5) is 12.7. The van der Waals surface area contributed by atoms with Crippen molar-refractivity contribution in [1.82, 2.24) is 5.32 Å². The van der Waals surface area contributed by atoms with Gasteiger partial charge in [-0.3, -0.25) is 4.79 Å². The highest BCUT2D eigenvalue weighted by molar-refractivity contribution is 7.91. The van der Waals surface area contributed by atoms with Crippen LogP contribution in [-0.4, -0.2) is 40.3 Å². The molecule has 1 fully saturated rings. The summed E-state index contributed by atoms with van der Waals surface area (Å²) in [7, 11) is -1.92. The van der Waals surface area contributed by atoms with Gasteiger partial charge in [0.1, 0.15) is 0 Å². The van der Waals surface area contributed by atoms with Crippen molar-refractivity contribution in [3.8, 4) is 0 Å². The summed E-state index contributed by atoms with van der Waals surface area (Å²) >= 11 is 0. The third-order valence-electron chi connectivity index (χ3n) is 5.32. The van der Waals surface area contributed by atoms with E-state index < -0.39 is 9.84 Å². The molecule has 5 nitrogen and oxygen atoms in total. The molecule has 0 saturated heterocycles. The number of methoxy groups -OCH3 is 1. The van der Waals surface area contributed by atoms with Gasteiger partial charge in [0.25, 0.3) is 5.91 Å². The molecule has 0 unspecified atom stereocenters. The molecule has 2 aromatic rings. The number of hydrogen-bond acceptors (Lipinski definition) is 4. The molecule has 0 spiro atoms. The molecule has 2 aromatic carbocycles. The number of ether oxygens (including phenoxy) is 1. The van der Waals surface area contributed by atoms with Gasteiger partial charge in [-0.2, -0.15) is 0 Å². The zero-order valence-electron chi connectivity index (χ0n) is 15.5. The molecule has 1 saturated carbocycles. The molecule has 144 valence electrons. The quantitative estimate of drug-likeness (QED) is 0.756. The molecule has 0 aromatic heterocycles. The monoisotopic (exact) mass is 387 g/mol. The normalized spacial score (nSPS) is 15.7. The number of nitrogens with one attached hydrogen (secondary N) is 1. The van der Waals surface area contributed by atoms with Crippen molar-refractivity contribution in [2.45, 2.75) is 29.6 Å². The maximum atomic E-state index is 12.5. The van der Waals surface area contributed by atoms with Crippen molar-refractivity contribution < 1.29 is 17.9 Å². The van der Waals surface area contributed by atoms with Crippen LogP contribution < -0.4 is 5.32 Å². The Hall–Kier alpha value is -2.18. The van der Waals surface area contributed by atoms with Crippen LogP contribution in [-0.2, 0) is 20.0 Å². The first-order valence-electron chi connectivity index (χ1n) is 9.12. The van der Waals surface area contributed by atoms with Crippen LogP contribution in [0.4, 0.5) is 0 Å². The second-order valence-corrected chi connectivity index (χ2v) is 9.13. The van der Waals surface area contributed by atoms with Crippen molar-refractivity contribution in [2.75, 3.05) is 26.0 Å². The largest absolute Gasteiger partial charge is 0.384 e. The SMILES string of the molecule is COCCS(=O)(=O)c1ccc(C(=O)NCC2(c3ccccc3)CCC2)cc1. The molecule has 1 aliphatic rings. The molecule has 6 heteroatoms. The maximum Gasteiger partial charge on any atom is 0.251 e. The zero-order chi connectivity index (χ0) is 19.3. The molecular formula is C21H25NO4S. The second-order valence-electron chi connectivity index (χ2n) is 7.02. The summed E-state index contributed by atoms with van der Waals surface area (Å²) in [6.45, 7) is 0.732. The predicted molar refractivity (Wildman–Crippen MR) is 105 cm³/mol. The Morgan fingerprint density at radius 1 is 1.07 bits per heavy atom. The Balaban J connectivity index is 1.65. The fraction of sp³-hybridized carbons (Fsp3) is 0.381. The minimum absolute atomic E-state index is 0.0142. The molecule has 0 atom stereocenters. The molecule has 1 N–H and O–H groups in total. The third kappa shape index (κ3) is 4.39. The number of rotatable bonds is 8. The number of benzene rings is 2. The first-order valence-corrected chi connectivity index (χ1v) is 10.8. The van der Waals surface area contributed by atoms with E-state index in [-0.39, 0.29) is 28.6 Å². The van der Waals surface area contributed by atoms with Gasteiger partial charge in [-0.25, -0.2) is 8.42 Å². The van der Waals surface area contributed by atoms with Gasteiger partial charge < -0.3 is 10.1 Å². The van der Waals surface area contributed by atoms with Crippen molar-refractivity contribution in [3.05, 3.63) is 65.7 Å². The van der Waals surface area contributed by atoms with E-state index in [0.717, 1.165) is 12.8 Å². The lowest BCUT2D eigenvalue weighted by Gasteiger charge is -2.42. The van der Waals surface area contributed by atoms with Gasteiger partial charge in [-0.15, -0.1) is 0 Å². The molecule has 27 heavy (non-hydrogen) atoms. The van der Waals surface area contributed by atoms with E-state index in [9.17, 15) is 13.2 Å².